The van der Waals surface area contributed by atoms with E-state index >= 15 is 0 Å². The smallest absolute Gasteiger partial charge is 0.411 e. The van der Waals surface area contributed by atoms with Crippen LogP contribution < -0.4 is 5.32 Å². The van der Waals surface area contributed by atoms with Gasteiger partial charge in [0.25, 0.3) is 0 Å². The summed E-state index contributed by atoms with van der Waals surface area (Å²) in [4.78, 5) is 11.2. The average Bonchev–Trinajstić information content (AvgIpc) is 2.09. The number of nitrogens with one attached hydrogen (secondary N) is 1. The molecule has 0 fully saturated rings. The fourth-order valence-corrected chi connectivity index (χ4v) is 0.886. The van der Waals surface area contributed by atoms with Crippen LogP contribution in [0.2, 0.25) is 0 Å². The van der Waals surface area contributed by atoms with Gasteiger partial charge in [0.1, 0.15) is 5.60 Å². The molecule has 0 aliphatic carbocycles. The van der Waals surface area contributed by atoms with Crippen molar-refractivity contribution in [2.45, 2.75) is 39.7 Å². The Morgan fingerprint density at radius 2 is 2.13 bits per heavy atom. The Kier molecular flexibility index (Phi) is 6.01. The number of alkyl carbamates (subject to hydrolysis) is 1. The molecular formula is C11H21NO3. The summed E-state index contributed by atoms with van der Waals surface area (Å²) in [5, 5.41) is 11.4. The molecule has 0 aromatic rings. The zero-order valence-corrected chi connectivity index (χ0v) is 9.91. The molecule has 0 aromatic carbocycles. The maximum atomic E-state index is 11.2. The molecule has 4 nitrogen and oxygen atoms in total. The lowest BCUT2D eigenvalue weighted by Gasteiger charge is -2.18. The summed E-state index contributed by atoms with van der Waals surface area (Å²) in [5.41, 5.74) is -0.487. The van der Waals surface area contributed by atoms with Crippen LogP contribution in [0, 0.1) is 5.92 Å². The minimum atomic E-state index is -0.487. The van der Waals surface area contributed by atoms with Crippen molar-refractivity contribution in [2.75, 3.05) is 6.61 Å². The molecule has 0 aliphatic heterocycles. The Bertz CT molecular complexity index is 214. The number of ether oxygens (including phenoxy) is 1. The van der Waals surface area contributed by atoms with E-state index in [9.17, 15) is 4.79 Å². The van der Waals surface area contributed by atoms with Crippen LogP contribution in [0.15, 0.2) is 12.3 Å². The summed E-state index contributed by atoms with van der Waals surface area (Å²) in [6.07, 6.45) is 3.62. The van der Waals surface area contributed by atoms with Gasteiger partial charge < -0.3 is 9.84 Å². The summed E-state index contributed by atoms with van der Waals surface area (Å²) in [5.74, 6) is 0.0833. The molecule has 0 aliphatic rings. The van der Waals surface area contributed by atoms with E-state index in [1.165, 1.54) is 6.20 Å². The van der Waals surface area contributed by atoms with Crippen molar-refractivity contribution in [2.24, 2.45) is 5.92 Å². The van der Waals surface area contributed by atoms with Gasteiger partial charge in [-0.25, -0.2) is 4.79 Å². The predicted molar refractivity (Wildman–Crippen MR) is 59.4 cm³/mol. The monoisotopic (exact) mass is 215 g/mol. The second kappa shape index (κ2) is 6.45. The van der Waals surface area contributed by atoms with Crippen LogP contribution in [0.1, 0.15) is 34.1 Å². The first-order valence-corrected chi connectivity index (χ1v) is 5.16. The van der Waals surface area contributed by atoms with E-state index in [-0.39, 0.29) is 12.5 Å². The van der Waals surface area contributed by atoms with Crippen LogP contribution in [0.25, 0.3) is 0 Å². The summed E-state index contributed by atoms with van der Waals surface area (Å²) in [6, 6.07) is 0. The van der Waals surface area contributed by atoms with E-state index in [2.05, 4.69) is 5.32 Å². The predicted octanol–water partition coefficient (Wildman–Crippen LogP) is 2.04. The number of rotatable bonds is 4. The molecule has 0 spiro atoms. The molecule has 1 unspecified atom stereocenters. The van der Waals surface area contributed by atoms with Crippen LogP contribution in [0.3, 0.4) is 0 Å². The van der Waals surface area contributed by atoms with Crippen molar-refractivity contribution in [3.63, 3.8) is 0 Å². The van der Waals surface area contributed by atoms with Crippen LogP contribution in [0.4, 0.5) is 4.79 Å². The first-order chi connectivity index (χ1) is 6.89. The van der Waals surface area contributed by atoms with Crippen molar-refractivity contribution < 1.29 is 14.6 Å². The second-order valence-electron chi connectivity index (χ2n) is 4.36. The molecule has 1 amide bonds. The van der Waals surface area contributed by atoms with Gasteiger partial charge in [-0.2, -0.15) is 0 Å². The van der Waals surface area contributed by atoms with E-state index in [1.54, 1.807) is 26.8 Å². The van der Waals surface area contributed by atoms with Crippen LogP contribution >= 0.6 is 0 Å². The lowest BCUT2D eigenvalue weighted by molar-refractivity contribution is 0.0552. The fourth-order valence-electron chi connectivity index (χ4n) is 0.886. The van der Waals surface area contributed by atoms with Gasteiger partial charge in [0.05, 0.1) is 0 Å². The van der Waals surface area contributed by atoms with Gasteiger partial charge in [-0.05, 0) is 27.2 Å². The average molecular weight is 215 g/mol. The Labute approximate surface area is 91.3 Å². The highest BCUT2D eigenvalue weighted by atomic mass is 16.6. The maximum Gasteiger partial charge on any atom is 0.411 e. The summed E-state index contributed by atoms with van der Waals surface area (Å²) >= 11 is 0. The molecule has 0 saturated carbocycles. The standard InChI is InChI=1S/C11H21NO3/c1-5-9(8-13)6-7-12-10(14)15-11(2,3)4/h6-7,9,13H,5,8H2,1-4H3,(H,12,14). The van der Waals surface area contributed by atoms with E-state index in [0.717, 1.165) is 6.42 Å². The van der Waals surface area contributed by atoms with E-state index in [0.29, 0.717) is 0 Å². The molecule has 0 bridgehead atoms. The van der Waals surface area contributed by atoms with Crippen LogP contribution in [-0.4, -0.2) is 23.4 Å². The maximum absolute atomic E-state index is 11.2. The zero-order chi connectivity index (χ0) is 11.9. The topological polar surface area (TPSA) is 58.6 Å². The highest BCUT2D eigenvalue weighted by Crippen LogP contribution is 2.06. The fraction of sp³-hybridized carbons (Fsp3) is 0.727. The third-order valence-electron chi connectivity index (χ3n) is 1.73. The highest BCUT2D eigenvalue weighted by Gasteiger charge is 2.14. The zero-order valence-electron chi connectivity index (χ0n) is 9.91. The molecular weight excluding hydrogens is 194 g/mol. The largest absolute Gasteiger partial charge is 0.444 e. The molecule has 15 heavy (non-hydrogen) atoms. The third-order valence-corrected chi connectivity index (χ3v) is 1.73. The Morgan fingerprint density at radius 3 is 2.53 bits per heavy atom. The van der Waals surface area contributed by atoms with Gasteiger partial charge in [0.15, 0.2) is 0 Å². The lowest BCUT2D eigenvalue weighted by atomic mass is 10.1. The van der Waals surface area contributed by atoms with Crippen molar-refractivity contribution in [3.8, 4) is 0 Å². The first-order valence-electron chi connectivity index (χ1n) is 5.16. The minimum absolute atomic E-state index is 0.0833. The number of amides is 1. The van der Waals surface area contributed by atoms with E-state index in [1.807, 2.05) is 6.92 Å². The minimum Gasteiger partial charge on any atom is -0.444 e. The van der Waals surface area contributed by atoms with Gasteiger partial charge in [0.2, 0.25) is 0 Å². The van der Waals surface area contributed by atoms with Gasteiger partial charge in [0, 0.05) is 18.7 Å². The van der Waals surface area contributed by atoms with Crippen molar-refractivity contribution in [1.82, 2.24) is 5.32 Å². The summed E-state index contributed by atoms with van der Waals surface area (Å²) in [6.45, 7) is 7.47. The van der Waals surface area contributed by atoms with Gasteiger partial charge >= 0.3 is 6.09 Å². The normalized spacial score (nSPS) is 13.9. The molecule has 1 atom stereocenters. The van der Waals surface area contributed by atoms with E-state index in [4.69, 9.17) is 9.84 Å². The van der Waals surface area contributed by atoms with Gasteiger partial charge in [-0.3, -0.25) is 5.32 Å². The molecule has 0 rings (SSSR count). The van der Waals surface area contributed by atoms with Gasteiger partial charge in [-0.15, -0.1) is 0 Å². The lowest BCUT2D eigenvalue weighted by Crippen LogP contribution is -2.29. The molecule has 88 valence electrons. The Morgan fingerprint density at radius 1 is 1.53 bits per heavy atom. The van der Waals surface area contributed by atoms with Crippen LogP contribution in [0.5, 0.6) is 0 Å². The Balaban J connectivity index is 3.90. The molecule has 4 heteroatoms. The van der Waals surface area contributed by atoms with Crippen molar-refractivity contribution in [1.29, 1.82) is 0 Å². The number of carbonyl (C=O) groups is 1. The summed E-state index contributed by atoms with van der Waals surface area (Å²) in [7, 11) is 0. The second-order valence-corrected chi connectivity index (χ2v) is 4.36. The van der Waals surface area contributed by atoms with Crippen molar-refractivity contribution in [3.05, 3.63) is 12.3 Å². The van der Waals surface area contributed by atoms with Crippen molar-refractivity contribution >= 4 is 6.09 Å². The van der Waals surface area contributed by atoms with E-state index < -0.39 is 11.7 Å². The van der Waals surface area contributed by atoms with Gasteiger partial charge in [-0.1, -0.05) is 13.0 Å². The molecule has 2 N–H and O–H groups in total. The first kappa shape index (κ1) is 14.0. The molecule has 0 heterocycles. The quantitative estimate of drug-likeness (QED) is 0.754. The SMILES string of the molecule is CCC(C=CNC(=O)OC(C)(C)C)CO. The Hall–Kier alpha value is -1.03. The number of aliphatic hydroxyl groups excluding tert-OH is 1. The number of hydrogen-bond donors (Lipinski definition) is 2. The highest BCUT2D eigenvalue weighted by molar-refractivity contribution is 5.68. The third kappa shape index (κ3) is 8.00. The number of carbonyl (C=O) groups excluding carboxylic acids is 1. The number of aliphatic hydroxyl groups is 1. The number of hydrogen-bond acceptors (Lipinski definition) is 3. The van der Waals surface area contributed by atoms with Crippen LogP contribution in [-0.2, 0) is 4.74 Å². The molecule has 0 saturated heterocycles. The molecule has 0 radical (unpaired) electrons. The molecule has 0 aromatic heterocycles. The summed E-state index contributed by atoms with van der Waals surface area (Å²) < 4.78 is 5.02.